The summed E-state index contributed by atoms with van der Waals surface area (Å²) in [6.07, 6.45) is 7.91. The van der Waals surface area contributed by atoms with Crippen molar-refractivity contribution in [1.29, 1.82) is 0 Å². The van der Waals surface area contributed by atoms with E-state index >= 15 is 0 Å². The van der Waals surface area contributed by atoms with E-state index in [0.717, 1.165) is 92.7 Å². The van der Waals surface area contributed by atoms with Crippen molar-refractivity contribution in [3.8, 4) is 11.4 Å². The highest BCUT2D eigenvalue weighted by Crippen LogP contribution is 2.40. The summed E-state index contributed by atoms with van der Waals surface area (Å²) in [5.74, 6) is 1.96. The van der Waals surface area contributed by atoms with Crippen LogP contribution in [0.4, 0.5) is 11.4 Å². The molecule has 2 unspecified atom stereocenters. The zero-order valence-corrected chi connectivity index (χ0v) is 45.3. The van der Waals surface area contributed by atoms with Crippen molar-refractivity contribution in [1.82, 2.24) is 29.8 Å². The molecule has 6 aromatic carbocycles. The monoisotopic (exact) mass is 1090 g/mol. The van der Waals surface area contributed by atoms with E-state index in [4.69, 9.17) is 11.5 Å². The Morgan fingerprint density at radius 3 is 1.56 bits per heavy atom. The van der Waals surface area contributed by atoms with E-state index in [2.05, 4.69) is 133 Å². The van der Waals surface area contributed by atoms with Crippen molar-refractivity contribution >= 4 is 39.1 Å². The molecule has 12 nitrogen and oxygen atoms in total. The summed E-state index contributed by atoms with van der Waals surface area (Å²) in [7, 11) is 0. The van der Waals surface area contributed by atoms with Crippen LogP contribution in [0.25, 0.3) is 11.4 Å². The molecule has 0 saturated heterocycles. The third kappa shape index (κ3) is 14.1. The lowest BCUT2D eigenvalue weighted by Gasteiger charge is -2.33. The number of aromatic nitrogens is 4. The Balaban J connectivity index is 0.000000186. The van der Waals surface area contributed by atoms with Gasteiger partial charge in [0.2, 0.25) is 0 Å². The van der Waals surface area contributed by atoms with Crippen LogP contribution in [0.2, 0.25) is 0 Å². The number of amides is 2. The number of nitrogens with one attached hydrogen (secondary N) is 3. The van der Waals surface area contributed by atoms with Crippen molar-refractivity contribution < 1.29 is 9.59 Å². The molecule has 2 heterocycles. The Hall–Kier alpha value is -7.00. The van der Waals surface area contributed by atoms with Crippen molar-refractivity contribution in [3.63, 3.8) is 0 Å². The number of aryl methyl sites for hydroxylation is 3. The van der Waals surface area contributed by atoms with Crippen LogP contribution < -0.4 is 27.4 Å². The maximum absolute atomic E-state index is 13.6. The first kappa shape index (κ1) is 54.8. The molecule has 2 aromatic heterocycles. The average molecular weight is 1090 g/mol. The Morgan fingerprint density at radius 2 is 1.05 bits per heavy atom. The molecular formula is C64H73BrN10O2. The first-order valence-electron chi connectivity index (χ1n) is 26.8. The van der Waals surface area contributed by atoms with Gasteiger partial charge >= 0.3 is 0 Å². The third-order valence-corrected chi connectivity index (χ3v) is 15.4. The fraction of sp³-hybridized carbons (Fsp3) is 0.312. The van der Waals surface area contributed by atoms with Gasteiger partial charge in [0.15, 0.2) is 0 Å². The molecule has 11 rings (SSSR count). The maximum atomic E-state index is 13.6. The molecule has 13 heteroatoms. The normalized spacial score (nSPS) is 14.7. The highest BCUT2D eigenvalue weighted by atomic mass is 79.9. The lowest BCUT2D eigenvalue weighted by Crippen LogP contribution is -2.33. The third-order valence-electron chi connectivity index (χ3n) is 14.5. The number of halogens is 1. The number of anilines is 2. The second-order valence-electron chi connectivity index (χ2n) is 21.0. The number of hydrogen-bond acceptors (Lipinski definition) is 8. The summed E-state index contributed by atoms with van der Waals surface area (Å²) in [4.78, 5) is 29.7. The summed E-state index contributed by atoms with van der Waals surface area (Å²) >= 11 is 3.69. The molecule has 398 valence electrons. The van der Waals surface area contributed by atoms with Crippen LogP contribution in [0.3, 0.4) is 0 Å². The lowest BCUT2D eigenvalue weighted by atomic mass is 9.95. The highest BCUT2D eigenvalue weighted by molar-refractivity contribution is 9.10. The van der Waals surface area contributed by atoms with Gasteiger partial charge in [0.05, 0.1) is 34.8 Å². The molecule has 3 fully saturated rings. The first-order valence-corrected chi connectivity index (χ1v) is 27.6. The van der Waals surface area contributed by atoms with Gasteiger partial charge in [-0.1, -0.05) is 114 Å². The van der Waals surface area contributed by atoms with Crippen LogP contribution in [-0.2, 0) is 13.1 Å². The van der Waals surface area contributed by atoms with Crippen LogP contribution in [0, 0.1) is 38.5 Å². The molecule has 77 heavy (non-hydrogen) atoms. The number of rotatable bonds is 20. The van der Waals surface area contributed by atoms with Crippen LogP contribution in [0.5, 0.6) is 0 Å². The molecule has 3 aliphatic rings. The summed E-state index contributed by atoms with van der Waals surface area (Å²) in [5, 5.41) is 19.2. The van der Waals surface area contributed by atoms with Crippen molar-refractivity contribution in [3.05, 3.63) is 224 Å². The summed E-state index contributed by atoms with van der Waals surface area (Å²) < 4.78 is 4.47. The Morgan fingerprint density at radius 1 is 0.571 bits per heavy atom. The molecule has 8 aromatic rings. The predicted molar refractivity (Wildman–Crippen MR) is 315 cm³/mol. The molecule has 0 aliphatic heterocycles. The van der Waals surface area contributed by atoms with E-state index in [1.807, 2.05) is 86.6 Å². The average Bonchev–Trinajstić information content (AvgIpc) is 4.39. The minimum atomic E-state index is -0.212. The van der Waals surface area contributed by atoms with Crippen molar-refractivity contribution in [2.24, 2.45) is 29.2 Å². The van der Waals surface area contributed by atoms with Crippen molar-refractivity contribution in [2.45, 2.75) is 91.9 Å². The van der Waals surface area contributed by atoms with Crippen molar-refractivity contribution in [2.75, 3.05) is 30.3 Å². The Kier molecular flexibility index (Phi) is 17.8. The van der Waals surface area contributed by atoms with E-state index < -0.39 is 0 Å². The van der Waals surface area contributed by atoms with E-state index in [9.17, 15) is 9.59 Å². The summed E-state index contributed by atoms with van der Waals surface area (Å²) in [6, 6.07) is 53.2. The highest BCUT2D eigenvalue weighted by Gasteiger charge is 2.34. The number of benzene rings is 6. The number of carbonyl (C=O) groups excluding carboxylic acids is 2. The van der Waals surface area contributed by atoms with Crippen LogP contribution in [0.1, 0.15) is 129 Å². The molecule has 0 spiro atoms. The quantitative estimate of drug-likeness (QED) is 0.0504. The maximum Gasteiger partial charge on any atom is 0.274 e. The Labute approximate surface area is 462 Å². The van der Waals surface area contributed by atoms with Gasteiger partial charge in [0, 0.05) is 42.0 Å². The van der Waals surface area contributed by atoms with Gasteiger partial charge in [-0.2, -0.15) is 10.2 Å². The largest absolute Gasteiger partial charge is 0.326 e. The molecule has 0 bridgehead atoms. The lowest BCUT2D eigenvalue weighted by molar-refractivity contribution is 0.101. The number of nitrogens with zero attached hydrogens (tertiary/aromatic N) is 5. The van der Waals surface area contributed by atoms with E-state index in [0.29, 0.717) is 24.5 Å². The van der Waals surface area contributed by atoms with E-state index in [1.54, 1.807) is 15.4 Å². The second kappa shape index (κ2) is 25.0. The second-order valence-corrected chi connectivity index (χ2v) is 21.9. The van der Waals surface area contributed by atoms with E-state index in [-0.39, 0.29) is 31.3 Å². The first-order chi connectivity index (χ1) is 37.0. The fourth-order valence-electron chi connectivity index (χ4n) is 9.94. The molecule has 0 radical (unpaired) electrons. The minimum absolute atomic E-state index is 0. The van der Waals surface area contributed by atoms with Gasteiger partial charge in [-0.15, -0.1) is 0 Å². The zero-order chi connectivity index (χ0) is 52.7. The van der Waals surface area contributed by atoms with Crippen LogP contribution >= 0.6 is 15.9 Å². The van der Waals surface area contributed by atoms with E-state index in [1.165, 1.54) is 60.8 Å². The molecule has 3 saturated carbocycles. The zero-order valence-electron chi connectivity index (χ0n) is 43.8. The molecule has 3 aliphatic carbocycles. The molecular weight excluding hydrogens is 1020 g/mol. The molecule has 2 atom stereocenters. The van der Waals surface area contributed by atoms with Gasteiger partial charge < -0.3 is 27.4 Å². The SMILES string of the molecule is C.Cc1cc(C(=O)Nc2cccc(C(NCC3CC3)c3ccc(C)c(Br)c3)c2)n(-c2cccc(CN)c2)n1.Cc1cc(C(=O)Nc2cccc(C(c3ccccc3)N(CC3CC3)CC3CC3)c2)n(-c2cccc(CN)c2)n1. The number of carbonyl (C=O) groups is 2. The Bertz CT molecular complexity index is 3290. The standard InChI is InChI=1S/C33H37N5O.C30H32BrN5O.CH4/c1-23-17-31(38(36-23)30-12-5-7-26(18-30)20-34)33(39)35-29-11-6-10-28(19-29)32(27-8-3-2-4-9-27)37(21-24-13-14-24)22-25-15-16-25;1-19-9-12-24(16-27(19)31)29(33-18-21-10-11-21)23-6-4-7-25(15-23)34-30(37)28-13-20(2)35-36(28)26-8-3-5-22(14-26)17-32;/h2-12,17-19,24-25,32H,13-16,20-22,34H2,1H3,(H,35,39);3-9,12-16,21,29,33H,10-11,17-18,32H2,1-2H3,(H,34,37);1H4. The van der Waals surface area contributed by atoms with Gasteiger partial charge in [-0.25, -0.2) is 9.36 Å². The van der Waals surface area contributed by atoms with Gasteiger partial charge in [-0.3, -0.25) is 14.5 Å². The smallest absolute Gasteiger partial charge is 0.274 e. The number of nitrogens with two attached hydrogens (primary N) is 2. The fourth-order valence-corrected chi connectivity index (χ4v) is 10.3. The summed E-state index contributed by atoms with van der Waals surface area (Å²) in [5.41, 5.74) is 25.4. The van der Waals surface area contributed by atoms with Gasteiger partial charge in [-0.05, 0) is 189 Å². The molecule has 7 N–H and O–H groups in total. The number of hydrogen-bond donors (Lipinski definition) is 5. The van der Waals surface area contributed by atoms with Gasteiger partial charge in [0.1, 0.15) is 11.4 Å². The topological polar surface area (TPSA) is 161 Å². The summed E-state index contributed by atoms with van der Waals surface area (Å²) in [6.45, 7) is 9.98. The predicted octanol–water partition coefficient (Wildman–Crippen LogP) is 12.8. The van der Waals surface area contributed by atoms with Crippen LogP contribution in [-0.4, -0.2) is 55.9 Å². The van der Waals surface area contributed by atoms with Crippen LogP contribution in [0.15, 0.2) is 162 Å². The van der Waals surface area contributed by atoms with Gasteiger partial charge in [0.25, 0.3) is 11.8 Å². The minimum Gasteiger partial charge on any atom is -0.326 e. The molecule has 2 amide bonds.